The summed E-state index contributed by atoms with van der Waals surface area (Å²) in [6.45, 7) is 0. The Hall–Kier alpha value is -2.37. The number of nitro groups is 1. The van der Waals surface area contributed by atoms with Crippen molar-refractivity contribution in [3.8, 4) is 5.75 Å². The number of nitrogens with zero attached hydrogens (tertiary/aromatic N) is 1. The number of carbonyl (C=O) groups is 1. The smallest absolute Gasteiger partial charge is 0.310 e. The molecular formula is C10H9NO5. The lowest BCUT2D eigenvalue weighted by molar-refractivity contribution is -0.385. The number of aromatic hydroxyl groups is 1. The van der Waals surface area contributed by atoms with Gasteiger partial charge in [-0.25, -0.2) is 0 Å². The molecule has 0 aromatic heterocycles. The number of benzene rings is 1. The average molecular weight is 223 g/mol. The molecule has 0 atom stereocenters. The normalized spacial score (nSPS) is 10.5. The van der Waals surface area contributed by atoms with Crippen LogP contribution in [0, 0.1) is 10.1 Å². The molecule has 1 aromatic rings. The van der Waals surface area contributed by atoms with E-state index in [1.165, 1.54) is 24.3 Å². The van der Waals surface area contributed by atoms with Gasteiger partial charge in [-0.3, -0.25) is 14.9 Å². The van der Waals surface area contributed by atoms with Gasteiger partial charge >= 0.3 is 11.7 Å². The summed E-state index contributed by atoms with van der Waals surface area (Å²) in [5.41, 5.74) is 0.125. The Morgan fingerprint density at radius 3 is 2.69 bits per heavy atom. The summed E-state index contributed by atoms with van der Waals surface area (Å²) in [6.07, 6.45) is 2.72. The molecule has 0 saturated carbocycles. The highest BCUT2D eigenvalue weighted by Crippen LogP contribution is 2.26. The fraction of sp³-hybridized carbons (Fsp3) is 0.100. The van der Waals surface area contributed by atoms with Crippen molar-refractivity contribution in [2.75, 3.05) is 0 Å². The number of phenolic OH excluding ortho intramolecular Hbond substituents is 1. The maximum absolute atomic E-state index is 10.4. The van der Waals surface area contributed by atoms with E-state index in [0.29, 0.717) is 5.56 Å². The monoisotopic (exact) mass is 223 g/mol. The van der Waals surface area contributed by atoms with Crippen molar-refractivity contribution in [2.24, 2.45) is 0 Å². The molecule has 6 nitrogen and oxygen atoms in total. The third-order valence-corrected chi connectivity index (χ3v) is 1.80. The molecule has 1 aromatic carbocycles. The molecule has 0 saturated heterocycles. The number of rotatable bonds is 4. The lowest BCUT2D eigenvalue weighted by Crippen LogP contribution is -1.90. The Morgan fingerprint density at radius 2 is 2.19 bits per heavy atom. The van der Waals surface area contributed by atoms with Gasteiger partial charge in [0.25, 0.3) is 0 Å². The van der Waals surface area contributed by atoms with Crippen molar-refractivity contribution in [1.82, 2.24) is 0 Å². The Balaban J connectivity index is 2.85. The number of carboxylic acids is 1. The molecule has 0 bridgehead atoms. The van der Waals surface area contributed by atoms with Crippen LogP contribution in [0.4, 0.5) is 5.69 Å². The van der Waals surface area contributed by atoms with Gasteiger partial charge in [0.15, 0.2) is 5.75 Å². The zero-order valence-corrected chi connectivity index (χ0v) is 8.16. The quantitative estimate of drug-likeness (QED) is 0.598. The van der Waals surface area contributed by atoms with Gasteiger partial charge in [-0.05, 0) is 17.7 Å². The standard InChI is InChI=1S/C10H9NO5/c12-9-6-7(2-1-3-10(13)14)4-5-8(9)11(15)16/h1-2,4-6,12H,3H2,(H,13,14). The van der Waals surface area contributed by atoms with Gasteiger partial charge in [-0.1, -0.05) is 12.2 Å². The largest absolute Gasteiger partial charge is 0.502 e. The molecule has 1 rings (SSSR count). The summed E-state index contributed by atoms with van der Waals surface area (Å²) in [5, 5.41) is 28.0. The third kappa shape index (κ3) is 3.09. The maximum Gasteiger partial charge on any atom is 0.310 e. The van der Waals surface area contributed by atoms with Crippen molar-refractivity contribution >= 4 is 17.7 Å². The maximum atomic E-state index is 10.4. The van der Waals surface area contributed by atoms with Crippen LogP contribution in [-0.2, 0) is 4.79 Å². The minimum Gasteiger partial charge on any atom is -0.502 e. The van der Waals surface area contributed by atoms with E-state index < -0.39 is 16.6 Å². The number of carboxylic acid groups (broad SMARTS) is 1. The van der Waals surface area contributed by atoms with E-state index in [0.717, 1.165) is 6.07 Å². The molecule has 0 spiro atoms. The van der Waals surface area contributed by atoms with Crippen LogP contribution in [0.3, 0.4) is 0 Å². The van der Waals surface area contributed by atoms with Gasteiger partial charge in [-0.2, -0.15) is 0 Å². The topological polar surface area (TPSA) is 101 Å². The Labute approximate surface area is 90.6 Å². The van der Waals surface area contributed by atoms with E-state index in [1.54, 1.807) is 0 Å². The first-order valence-electron chi connectivity index (χ1n) is 4.36. The Bertz CT molecular complexity index is 453. The molecule has 0 amide bonds. The molecule has 0 aliphatic rings. The van der Waals surface area contributed by atoms with Gasteiger partial charge in [0, 0.05) is 6.07 Å². The zero-order valence-electron chi connectivity index (χ0n) is 8.16. The number of hydrogen-bond acceptors (Lipinski definition) is 4. The fourth-order valence-electron chi connectivity index (χ4n) is 1.09. The van der Waals surface area contributed by atoms with Gasteiger partial charge in [-0.15, -0.1) is 0 Å². The molecule has 0 aliphatic carbocycles. The van der Waals surface area contributed by atoms with Crippen molar-refractivity contribution < 1.29 is 19.9 Å². The van der Waals surface area contributed by atoms with E-state index in [-0.39, 0.29) is 12.1 Å². The second-order valence-corrected chi connectivity index (χ2v) is 3.01. The summed E-state index contributed by atoms with van der Waals surface area (Å²) in [7, 11) is 0. The first kappa shape index (κ1) is 11.7. The summed E-state index contributed by atoms with van der Waals surface area (Å²) >= 11 is 0. The van der Waals surface area contributed by atoms with Crippen LogP contribution < -0.4 is 0 Å². The highest BCUT2D eigenvalue weighted by Gasteiger charge is 2.11. The molecule has 6 heteroatoms. The second-order valence-electron chi connectivity index (χ2n) is 3.01. The van der Waals surface area contributed by atoms with Crippen LogP contribution >= 0.6 is 0 Å². The SMILES string of the molecule is O=C(O)CC=Cc1ccc([N+](=O)[O-])c(O)c1. The van der Waals surface area contributed by atoms with Crippen LogP contribution in [0.5, 0.6) is 5.75 Å². The summed E-state index contributed by atoms with van der Waals surface area (Å²) in [6, 6.07) is 3.79. The van der Waals surface area contributed by atoms with Crippen LogP contribution in [0.1, 0.15) is 12.0 Å². The molecule has 16 heavy (non-hydrogen) atoms. The fourth-order valence-corrected chi connectivity index (χ4v) is 1.09. The summed E-state index contributed by atoms with van der Waals surface area (Å²) in [5.74, 6) is -1.41. The van der Waals surface area contributed by atoms with Gasteiger partial charge in [0.1, 0.15) is 0 Å². The van der Waals surface area contributed by atoms with E-state index >= 15 is 0 Å². The zero-order chi connectivity index (χ0) is 12.1. The van der Waals surface area contributed by atoms with E-state index in [4.69, 9.17) is 5.11 Å². The molecule has 84 valence electrons. The number of nitro benzene ring substituents is 1. The highest BCUT2D eigenvalue weighted by molar-refractivity contribution is 5.70. The number of aliphatic carboxylic acids is 1. The Morgan fingerprint density at radius 1 is 1.50 bits per heavy atom. The van der Waals surface area contributed by atoms with E-state index in [9.17, 15) is 20.0 Å². The minimum atomic E-state index is -0.970. The predicted molar refractivity (Wildman–Crippen MR) is 56.0 cm³/mol. The molecule has 0 aliphatic heterocycles. The Kier molecular flexibility index (Phi) is 3.60. The molecule has 0 radical (unpaired) electrons. The lowest BCUT2D eigenvalue weighted by atomic mass is 10.1. The van der Waals surface area contributed by atoms with E-state index in [1.807, 2.05) is 0 Å². The van der Waals surface area contributed by atoms with Gasteiger partial charge < -0.3 is 10.2 Å². The van der Waals surface area contributed by atoms with Crippen molar-refractivity contribution in [3.63, 3.8) is 0 Å². The van der Waals surface area contributed by atoms with Crippen LogP contribution in [0.25, 0.3) is 6.08 Å². The van der Waals surface area contributed by atoms with E-state index in [2.05, 4.69) is 0 Å². The number of phenols is 1. The lowest BCUT2D eigenvalue weighted by Gasteiger charge is -1.97. The molecule has 0 unspecified atom stereocenters. The average Bonchev–Trinajstić information content (AvgIpc) is 2.16. The summed E-state index contributed by atoms with van der Waals surface area (Å²) < 4.78 is 0. The minimum absolute atomic E-state index is 0.141. The first-order valence-corrected chi connectivity index (χ1v) is 4.36. The second kappa shape index (κ2) is 4.92. The van der Waals surface area contributed by atoms with Crippen LogP contribution in [0.15, 0.2) is 24.3 Å². The van der Waals surface area contributed by atoms with Gasteiger partial charge in [0.05, 0.1) is 11.3 Å². The van der Waals surface area contributed by atoms with Gasteiger partial charge in [0.2, 0.25) is 0 Å². The first-order chi connectivity index (χ1) is 7.50. The van der Waals surface area contributed by atoms with Crippen molar-refractivity contribution in [1.29, 1.82) is 0 Å². The number of hydrogen-bond donors (Lipinski definition) is 2. The highest BCUT2D eigenvalue weighted by atomic mass is 16.6. The third-order valence-electron chi connectivity index (χ3n) is 1.80. The van der Waals surface area contributed by atoms with Crippen molar-refractivity contribution in [3.05, 3.63) is 40.0 Å². The van der Waals surface area contributed by atoms with Crippen LogP contribution in [-0.4, -0.2) is 21.1 Å². The molecule has 2 N–H and O–H groups in total. The summed E-state index contributed by atoms with van der Waals surface area (Å²) in [4.78, 5) is 19.9. The predicted octanol–water partition coefficient (Wildman–Crippen LogP) is 1.79. The van der Waals surface area contributed by atoms with Crippen molar-refractivity contribution in [2.45, 2.75) is 6.42 Å². The van der Waals surface area contributed by atoms with Crippen LogP contribution in [0.2, 0.25) is 0 Å². The molecular weight excluding hydrogens is 214 g/mol. The molecule has 0 fully saturated rings. The molecule has 0 heterocycles.